The van der Waals surface area contributed by atoms with Crippen LogP contribution in [0.3, 0.4) is 0 Å². The SMILES string of the molecule is CC1SCC(c2noc(-c3ccc(CN)cn3)n2)SC1C. The molecule has 2 aromatic heterocycles. The monoisotopic (exact) mass is 322 g/mol. The largest absolute Gasteiger partial charge is 0.332 e. The van der Waals surface area contributed by atoms with Crippen LogP contribution in [-0.2, 0) is 6.54 Å². The predicted octanol–water partition coefficient (Wildman–Crippen LogP) is 2.89. The van der Waals surface area contributed by atoms with Crippen molar-refractivity contribution in [2.45, 2.75) is 36.1 Å². The Labute approximate surface area is 132 Å². The van der Waals surface area contributed by atoms with E-state index in [1.165, 1.54) is 0 Å². The number of nitrogens with zero attached hydrogens (tertiary/aromatic N) is 3. The summed E-state index contributed by atoms with van der Waals surface area (Å²) in [6, 6.07) is 3.80. The number of hydrogen-bond acceptors (Lipinski definition) is 7. The normalized spacial score (nSPS) is 26.0. The van der Waals surface area contributed by atoms with Crippen LogP contribution in [0, 0.1) is 0 Å². The van der Waals surface area contributed by atoms with E-state index in [0.29, 0.717) is 33.9 Å². The molecule has 112 valence electrons. The zero-order valence-corrected chi connectivity index (χ0v) is 13.7. The molecule has 0 bridgehead atoms. The minimum atomic E-state index is 0.294. The summed E-state index contributed by atoms with van der Waals surface area (Å²) >= 11 is 3.89. The summed E-state index contributed by atoms with van der Waals surface area (Å²) in [4.78, 5) is 8.83. The van der Waals surface area contributed by atoms with E-state index in [1.54, 1.807) is 6.20 Å². The Kier molecular flexibility index (Phi) is 4.51. The summed E-state index contributed by atoms with van der Waals surface area (Å²) in [6.45, 7) is 5.00. The molecule has 0 saturated carbocycles. The smallest absolute Gasteiger partial charge is 0.276 e. The average Bonchev–Trinajstić information content (AvgIpc) is 3.00. The third kappa shape index (κ3) is 3.25. The average molecular weight is 322 g/mol. The number of thioether (sulfide) groups is 2. The Morgan fingerprint density at radius 3 is 2.86 bits per heavy atom. The van der Waals surface area contributed by atoms with E-state index in [2.05, 4.69) is 29.0 Å². The van der Waals surface area contributed by atoms with E-state index in [-0.39, 0.29) is 0 Å². The van der Waals surface area contributed by atoms with Crippen molar-refractivity contribution in [3.63, 3.8) is 0 Å². The Bertz CT molecular complexity index is 601. The van der Waals surface area contributed by atoms with Gasteiger partial charge in [0.15, 0.2) is 5.82 Å². The summed E-state index contributed by atoms with van der Waals surface area (Å²) in [5.41, 5.74) is 7.25. The van der Waals surface area contributed by atoms with Crippen molar-refractivity contribution in [3.05, 3.63) is 29.7 Å². The van der Waals surface area contributed by atoms with Crippen LogP contribution in [0.4, 0.5) is 0 Å². The van der Waals surface area contributed by atoms with Crippen molar-refractivity contribution >= 4 is 23.5 Å². The van der Waals surface area contributed by atoms with Gasteiger partial charge in [-0.1, -0.05) is 25.1 Å². The lowest BCUT2D eigenvalue weighted by Gasteiger charge is -2.29. The molecule has 0 aromatic carbocycles. The molecule has 2 N–H and O–H groups in total. The highest BCUT2D eigenvalue weighted by Crippen LogP contribution is 2.43. The van der Waals surface area contributed by atoms with Crippen LogP contribution in [0.2, 0.25) is 0 Å². The van der Waals surface area contributed by atoms with Crippen molar-refractivity contribution in [1.82, 2.24) is 15.1 Å². The van der Waals surface area contributed by atoms with Crippen LogP contribution >= 0.6 is 23.5 Å². The predicted molar refractivity (Wildman–Crippen MR) is 87.1 cm³/mol. The van der Waals surface area contributed by atoms with Gasteiger partial charge >= 0.3 is 0 Å². The molecule has 1 saturated heterocycles. The lowest BCUT2D eigenvalue weighted by atomic mass is 10.2. The van der Waals surface area contributed by atoms with Crippen LogP contribution in [0.25, 0.3) is 11.6 Å². The third-order valence-electron chi connectivity index (χ3n) is 3.56. The topological polar surface area (TPSA) is 77.8 Å². The number of nitrogens with two attached hydrogens (primary N) is 1. The van der Waals surface area contributed by atoms with Gasteiger partial charge in [0.2, 0.25) is 0 Å². The van der Waals surface area contributed by atoms with Gasteiger partial charge in [0.25, 0.3) is 5.89 Å². The van der Waals surface area contributed by atoms with Crippen LogP contribution in [0.5, 0.6) is 0 Å². The van der Waals surface area contributed by atoms with Crippen LogP contribution < -0.4 is 5.73 Å². The van der Waals surface area contributed by atoms with E-state index in [1.807, 2.05) is 35.7 Å². The van der Waals surface area contributed by atoms with Gasteiger partial charge in [-0.3, -0.25) is 4.98 Å². The molecule has 21 heavy (non-hydrogen) atoms. The molecule has 3 rings (SSSR count). The molecule has 1 aliphatic rings. The van der Waals surface area contributed by atoms with Gasteiger partial charge in [-0.05, 0) is 11.6 Å². The maximum atomic E-state index is 5.57. The maximum Gasteiger partial charge on any atom is 0.276 e. The summed E-state index contributed by atoms with van der Waals surface area (Å²) < 4.78 is 5.36. The summed E-state index contributed by atoms with van der Waals surface area (Å²) in [7, 11) is 0. The van der Waals surface area contributed by atoms with Gasteiger partial charge < -0.3 is 10.3 Å². The van der Waals surface area contributed by atoms with Crippen molar-refractivity contribution in [1.29, 1.82) is 0 Å². The van der Waals surface area contributed by atoms with Crippen LogP contribution in [0.1, 0.15) is 30.5 Å². The Morgan fingerprint density at radius 2 is 2.19 bits per heavy atom. The molecular weight excluding hydrogens is 304 g/mol. The summed E-state index contributed by atoms with van der Waals surface area (Å²) in [5.74, 6) is 2.27. The molecule has 0 amide bonds. The lowest BCUT2D eigenvalue weighted by Crippen LogP contribution is -2.22. The second kappa shape index (κ2) is 6.37. The number of rotatable bonds is 3. The van der Waals surface area contributed by atoms with Gasteiger partial charge in [0.1, 0.15) is 5.69 Å². The fourth-order valence-corrected chi connectivity index (χ4v) is 4.89. The molecule has 5 nitrogen and oxygen atoms in total. The van der Waals surface area contributed by atoms with Crippen LogP contribution in [0.15, 0.2) is 22.9 Å². The number of aromatic nitrogens is 3. The van der Waals surface area contributed by atoms with Gasteiger partial charge in [-0.15, -0.1) is 11.8 Å². The molecule has 0 spiro atoms. The summed E-state index contributed by atoms with van der Waals surface area (Å²) in [5, 5.41) is 5.69. The van der Waals surface area contributed by atoms with E-state index in [0.717, 1.165) is 17.1 Å². The Balaban J connectivity index is 1.76. The highest BCUT2D eigenvalue weighted by Gasteiger charge is 2.30. The Morgan fingerprint density at radius 1 is 1.33 bits per heavy atom. The first-order valence-corrected chi connectivity index (χ1v) is 8.92. The fraction of sp³-hybridized carbons (Fsp3) is 0.500. The zero-order chi connectivity index (χ0) is 14.8. The molecule has 1 fully saturated rings. The van der Waals surface area contributed by atoms with Gasteiger partial charge in [-0.2, -0.15) is 16.7 Å². The van der Waals surface area contributed by atoms with E-state index >= 15 is 0 Å². The van der Waals surface area contributed by atoms with E-state index < -0.39 is 0 Å². The maximum absolute atomic E-state index is 5.57. The molecular formula is C14H18N4OS2. The van der Waals surface area contributed by atoms with Crippen LogP contribution in [-0.4, -0.2) is 31.4 Å². The molecule has 3 atom stereocenters. The molecule has 7 heteroatoms. The Hall–Kier alpha value is -1.05. The zero-order valence-electron chi connectivity index (χ0n) is 12.0. The molecule has 2 aromatic rings. The van der Waals surface area contributed by atoms with Crippen molar-refractivity contribution in [2.75, 3.05) is 5.75 Å². The minimum Gasteiger partial charge on any atom is -0.332 e. The highest BCUT2D eigenvalue weighted by molar-refractivity contribution is 8.07. The number of pyridine rings is 1. The number of hydrogen-bond donors (Lipinski definition) is 1. The van der Waals surface area contributed by atoms with Gasteiger partial charge in [0.05, 0.1) is 5.25 Å². The van der Waals surface area contributed by atoms with Crippen molar-refractivity contribution < 1.29 is 4.52 Å². The summed E-state index contributed by atoms with van der Waals surface area (Å²) in [6.07, 6.45) is 1.74. The molecule has 1 aliphatic heterocycles. The standard InChI is InChI=1S/C14H18N4OS2/c1-8-9(2)21-12(7-20-8)13-17-14(19-18-13)11-4-3-10(5-15)6-16-11/h3-4,6,8-9,12H,5,7,15H2,1-2H3. The first-order chi connectivity index (χ1) is 10.2. The molecule has 3 heterocycles. The molecule has 3 unspecified atom stereocenters. The second-order valence-electron chi connectivity index (χ2n) is 5.08. The lowest BCUT2D eigenvalue weighted by molar-refractivity contribution is 0.421. The highest BCUT2D eigenvalue weighted by atomic mass is 32.2. The second-order valence-corrected chi connectivity index (χ2v) is 8.08. The first kappa shape index (κ1) is 14.9. The molecule has 0 radical (unpaired) electrons. The fourth-order valence-electron chi connectivity index (χ4n) is 2.06. The quantitative estimate of drug-likeness (QED) is 0.931. The van der Waals surface area contributed by atoms with Crippen molar-refractivity contribution in [3.8, 4) is 11.6 Å². The van der Waals surface area contributed by atoms with E-state index in [4.69, 9.17) is 10.3 Å². The van der Waals surface area contributed by atoms with Crippen molar-refractivity contribution in [2.24, 2.45) is 5.73 Å². The minimum absolute atomic E-state index is 0.294. The van der Waals surface area contributed by atoms with Gasteiger partial charge in [0, 0.05) is 29.0 Å². The van der Waals surface area contributed by atoms with Gasteiger partial charge in [-0.25, -0.2) is 0 Å². The molecule has 0 aliphatic carbocycles. The van der Waals surface area contributed by atoms with E-state index in [9.17, 15) is 0 Å². The third-order valence-corrected chi connectivity index (χ3v) is 6.95. The first-order valence-electron chi connectivity index (χ1n) is 6.93.